The molecule has 0 saturated carbocycles. The lowest BCUT2D eigenvalue weighted by molar-refractivity contribution is 0.0974. The van der Waals surface area contributed by atoms with Gasteiger partial charge < -0.3 is 10.4 Å². The number of Topliss-reactive ketones (excluding diaryl/α,β-unsaturated/α-hetero) is 1. The average Bonchev–Trinajstić information content (AvgIpc) is 2.64. The van der Waals surface area contributed by atoms with E-state index < -0.39 is 5.92 Å². The molecule has 0 radical (unpaired) electrons. The van der Waals surface area contributed by atoms with Gasteiger partial charge in [0.25, 0.3) is 5.17 Å². The largest absolute Gasteiger partial charge is 0.486 e. The van der Waals surface area contributed by atoms with Crippen LogP contribution in [0.25, 0.3) is 0 Å². The molecular formula is C21H17NO2S. The number of ketones is 1. The lowest BCUT2D eigenvalue weighted by Crippen LogP contribution is -2.18. The van der Waals surface area contributed by atoms with Gasteiger partial charge >= 0.3 is 0 Å². The third-order valence-electron chi connectivity index (χ3n) is 3.97. The molecule has 0 heterocycles. The molecule has 3 aromatic rings. The van der Waals surface area contributed by atoms with E-state index in [1.165, 1.54) is 0 Å². The van der Waals surface area contributed by atoms with E-state index in [1.54, 1.807) is 6.07 Å². The Morgan fingerprint density at radius 2 is 1.40 bits per heavy atom. The summed E-state index contributed by atoms with van der Waals surface area (Å²) in [4.78, 5) is 13.3. The van der Waals surface area contributed by atoms with Gasteiger partial charge in [-0.3, -0.25) is 4.79 Å². The third-order valence-corrected chi connectivity index (χ3v) is 4.07. The van der Waals surface area contributed by atoms with E-state index >= 15 is 0 Å². The molecule has 0 saturated heterocycles. The highest BCUT2D eigenvalue weighted by atomic mass is 32.1. The Balaban J connectivity index is 2.13. The molecule has 124 valence electrons. The van der Waals surface area contributed by atoms with Gasteiger partial charge in [-0.05, 0) is 29.4 Å². The Kier molecular flexibility index (Phi) is 5.21. The topological polar surface area (TPSA) is 49.3 Å². The SMILES string of the molecule is O=C(c1ccccc1)C(c1ccccc1)c1ccccc1NC(O)=S. The molecule has 3 aromatic carbocycles. The van der Waals surface area contributed by atoms with Crippen LogP contribution >= 0.6 is 12.2 Å². The molecule has 0 aliphatic heterocycles. The minimum absolute atomic E-state index is 0.00934. The maximum atomic E-state index is 13.3. The van der Waals surface area contributed by atoms with Gasteiger partial charge in [0.1, 0.15) is 0 Å². The first-order chi connectivity index (χ1) is 12.2. The first kappa shape index (κ1) is 16.9. The smallest absolute Gasteiger partial charge is 0.258 e. The van der Waals surface area contributed by atoms with Crippen molar-refractivity contribution in [2.75, 3.05) is 5.32 Å². The molecular weight excluding hydrogens is 330 g/mol. The van der Waals surface area contributed by atoms with Gasteiger partial charge in [0.05, 0.1) is 5.92 Å². The fourth-order valence-electron chi connectivity index (χ4n) is 2.86. The molecule has 0 fully saturated rings. The van der Waals surface area contributed by atoms with E-state index in [0.29, 0.717) is 11.3 Å². The number of thiocarbonyl (C=S) groups is 1. The fourth-order valence-corrected chi connectivity index (χ4v) is 2.97. The van der Waals surface area contributed by atoms with Gasteiger partial charge in [0.15, 0.2) is 5.78 Å². The summed E-state index contributed by atoms with van der Waals surface area (Å²) in [7, 11) is 0. The Morgan fingerprint density at radius 1 is 0.840 bits per heavy atom. The highest BCUT2D eigenvalue weighted by molar-refractivity contribution is 7.80. The second kappa shape index (κ2) is 7.73. The molecule has 3 nitrogen and oxygen atoms in total. The van der Waals surface area contributed by atoms with Crippen LogP contribution < -0.4 is 5.32 Å². The molecule has 3 rings (SSSR count). The molecule has 25 heavy (non-hydrogen) atoms. The maximum Gasteiger partial charge on any atom is 0.258 e. The Labute approximate surface area is 152 Å². The highest BCUT2D eigenvalue weighted by Crippen LogP contribution is 2.33. The van der Waals surface area contributed by atoms with Crippen LogP contribution in [0, 0.1) is 0 Å². The van der Waals surface area contributed by atoms with Crippen molar-refractivity contribution in [2.45, 2.75) is 5.92 Å². The standard InChI is InChI=1S/C21H17NO2S/c23-20(16-11-5-2-6-12-16)19(15-9-3-1-4-10-15)17-13-7-8-14-18(17)22-21(24)25/h1-14,19H,(H2,22,24,25). The molecule has 2 N–H and O–H groups in total. The monoisotopic (exact) mass is 347 g/mol. The summed E-state index contributed by atoms with van der Waals surface area (Å²) >= 11 is 4.76. The number of aliphatic hydroxyl groups excluding tert-OH is 1. The summed E-state index contributed by atoms with van der Waals surface area (Å²) in [6.07, 6.45) is 0. The molecule has 0 bridgehead atoms. The highest BCUT2D eigenvalue weighted by Gasteiger charge is 2.26. The average molecular weight is 347 g/mol. The summed E-state index contributed by atoms with van der Waals surface area (Å²) in [5, 5.41) is 11.9. The lowest BCUT2D eigenvalue weighted by atomic mass is 9.84. The Hall–Kier alpha value is -2.98. The van der Waals surface area contributed by atoms with Crippen molar-refractivity contribution in [3.05, 3.63) is 102 Å². The zero-order chi connectivity index (χ0) is 17.6. The second-order valence-corrected chi connectivity index (χ2v) is 5.98. The van der Waals surface area contributed by atoms with Crippen LogP contribution in [0.15, 0.2) is 84.9 Å². The zero-order valence-electron chi connectivity index (χ0n) is 13.4. The second-order valence-electron chi connectivity index (χ2n) is 5.59. The van der Waals surface area contributed by atoms with E-state index in [2.05, 4.69) is 5.32 Å². The van der Waals surface area contributed by atoms with E-state index in [-0.39, 0.29) is 11.0 Å². The first-order valence-electron chi connectivity index (χ1n) is 7.90. The molecule has 0 aliphatic carbocycles. The van der Waals surface area contributed by atoms with Crippen molar-refractivity contribution in [2.24, 2.45) is 0 Å². The predicted octanol–water partition coefficient (Wildman–Crippen LogP) is 4.96. The van der Waals surface area contributed by atoms with Crippen molar-refractivity contribution >= 4 is 28.9 Å². The van der Waals surface area contributed by atoms with Gasteiger partial charge in [-0.2, -0.15) is 0 Å². The van der Waals surface area contributed by atoms with Crippen molar-refractivity contribution in [3.8, 4) is 0 Å². The number of anilines is 1. The molecule has 0 spiro atoms. The van der Waals surface area contributed by atoms with Crippen LogP contribution in [0.1, 0.15) is 27.4 Å². The van der Waals surface area contributed by atoms with Gasteiger partial charge in [-0.15, -0.1) is 0 Å². The fraction of sp³-hybridized carbons (Fsp3) is 0.0476. The van der Waals surface area contributed by atoms with Crippen molar-refractivity contribution in [3.63, 3.8) is 0 Å². The first-order valence-corrected chi connectivity index (χ1v) is 8.30. The van der Waals surface area contributed by atoms with Crippen LogP contribution in [-0.4, -0.2) is 16.1 Å². The summed E-state index contributed by atoms with van der Waals surface area (Å²) < 4.78 is 0. The number of carbonyl (C=O) groups excluding carboxylic acids is 1. The summed E-state index contributed by atoms with van der Waals surface area (Å²) in [6.45, 7) is 0. The van der Waals surface area contributed by atoms with Gasteiger partial charge in [0, 0.05) is 11.3 Å². The minimum atomic E-state index is -0.498. The van der Waals surface area contributed by atoms with E-state index in [9.17, 15) is 9.90 Å². The number of hydrogen-bond acceptors (Lipinski definition) is 2. The van der Waals surface area contributed by atoms with Crippen LogP contribution in [0.2, 0.25) is 0 Å². The number of benzene rings is 3. The number of para-hydroxylation sites is 1. The van der Waals surface area contributed by atoms with Crippen molar-refractivity contribution in [1.82, 2.24) is 0 Å². The Morgan fingerprint density at radius 3 is 2.04 bits per heavy atom. The summed E-state index contributed by atoms with van der Waals surface area (Å²) in [5.41, 5.74) is 2.90. The number of carbonyl (C=O) groups is 1. The third kappa shape index (κ3) is 3.92. The molecule has 4 heteroatoms. The van der Waals surface area contributed by atoms with E-state index in [1.807, 2.05) is 78.9 Å². The lowest BCUT2D eigenvalue weighted by Gasteiger charge is -2.20. The molecule has 0 aromatic heterocycles. The van der Waals surface area contributed by atoms with Crippen LogP contribution in [-0.2, 0) is 0 Å². The number of aliphatic hydroxyl groups is 1. The van der Waals surface area contributed by atoms with E-state index in [0.717, 1.165) is 11.1 Å². The van der Waals surface area contributed by atoms with Gasteiger partial charge in [-0.1, -0.05) is 78.9 Å². The summed E-state index contributed by atoms with van der Waals surface area (Å²) in [5.74, 6) is -0.508. The number of hydrogen-bond donors (Lipinski definition) is 2. The normalized spacial score (nSPS) is 11.5. The van der Waals surface area contributed by atoms with Crippen LogP contribution in [0.3, 0.4) is 0 Å². The Bertz CT molecular complexity index is 879. The van der Waals surface area contributed by atoms with Crippen LogP contribution in [0.4, 0.5) is 5.69 Å². The molecule has 0 aliphatic rings. The zero-order valence-corrected chi connectivity index (χ0v) is 14.2. The van der Waals surface area contributed by atoms with Crippen molar-refractivity contribution in [1.29, 1.82) is 0 Å². The van der Waals surface area contributed by atoms with Crippen LogP contribution in [0.5, 0.6) is 0 Å². The number of nitrogens with one attached hydrogen (secondary N) is 1. The predicted molar refractivity (Wildman–Crippen MR) is 104 cm³/mol. The van der Waals surface area contributed by atoms with Crippen molar-refractivity contribution < 1.29 is 9.90 Å². The van der Waals surface area contributed by atoms with Gasteiger partial charge in [0.2, 0.25) is 0 Å². The minimum Gasteiger partial charge on any atom is -0.486 e. The quantitative estimate of drug-likeness (QED) is 0.506. The molecule has 1 unspecified atom stereocenters. The van der Waals surface area contributed by atoms with E-state index in [4.69, 9.17) is 12.2 Å². The maximum absolute atomic E-state index is 13.3. The molecule has 0 amide bonds. The summed E-state index contributed by atoms with van der Waals surface area (Å²) in [6, 6.07) is 26.2. The van der Waals surface area contributed by atoms with Gasteiger partial charge in [-0.25, -0.2) is 0 Å². The molecule has 1 atom stereocenters. The number of rotatable bonds is 5.